The summed E-state index contributed by atoms with van der Waals surface area (Å²) in [4.78, 5) is 56.0. The highest BCUT2D eigenvalue weighted by atomic mass is 16.8. The molecule has 2 aromatic rings. The molecule has 314 valence electrons. The number of likely N-dealkylation sites (N-methyl/N-ethyl adjacent to an activating group) is 1. The van der Waals surface area contributed by atoms with Gasteiger partial charge >= 0.3 is 5.97 Å². The van der Waals surface area contributed by atoms with E-state index < -0.39 is 102 Å². The molecule has 8 rings (SSSR count). The molecule has 0 spiro atoms. The minimum atomic E-state index is -1.75. The first-order valence-electron chi connectivity index (χ1n) is 19.9. The summed E-state index contributed by atoms with van der Waals surface area (Å²) in [5.74, 6) is -4.62. The lowest BCUT2D eigenvalue weighted by atomic mass is 9.67. The number of ether oxygens (including phenoxy) is 8. The predicted octanol–water partition coefficient (Wildman–Crippen LogP) is 3.17. The van der Waals surface area contributed by atoms with Crippen LogP contribution in [0.2, 0.25) is 0 Å². The number of carbonyl (C=O) groups is 4. The van der Waals surface area contributed by atoms with E-state index in [0.717, 1.165) is 0 Å². The van der Waals surface area contributed by atoms with Crippen molar-refractivity contribution in [2.24, 2.45) is 0 Å². The number of hydrogen-bond donors (Lipinski definition) is 3. The van der Waals surface area contributed by atoms with Gasteiger partial charge in [-0.05, 0) is 59.0 Å². The van der Waals surface area contributed by atoms with Crippen LogP contribution in [0.4, 0.5) is 0 Å². The van der Waals surface area contributed by atoms with Gasteiger partial charge in [0, 0.05) is 48.4 Å². The summed E-state index contributed by atoms with van der Waals surface area (Å²) >= 11 is 0. The number of Topliss-reactive ketones (excluding diaryl/α,β-unsaturated/α-hetero) is 1. The van der Waals surface area contributed by atoms with Crippen LogP contribution in [0.15, 0.2) is 24.3 Å². The highest BCUT2D eigenvalue weighted by molar-refractivity contribution is 6.30. The lowest BCUT2D eigenvalue weighted by Crippen LogP contribution is -2.63. The monoisotopic (exact) mass is 809 g/mol. The molecule has 4 fully saturated rings. The van der Waals surface area contributed by atoms with Crippen LogP contribution in [-0.2, 0) is 47.5 Å². The Balaban J connectivity index is 1.06. The zero-order chi connectivity index (χ0) is 41.5. The van der Waals surface area contributed by atoms with Crippen LogP contribution in [0, 0.1) is 0 Å². The molecular formula is C42H51NO15. The number of nitrogens with zero attached hydrogens (tertiary/aromatic N) is 1. The molecule has 0 amide bonds. The number of fused-ring (bicyclic) bond motifs is 5. The van der Waals surface area contributed by atoms with E-state index in [1.54, 1.807) is 6.92 Å². The minimum absolute atomic E-state index is 0.0377. The van der Waals surface area contributed by atoms with Gasteiger partial charge in [0.1, 0.15) is 29.6 Å². The summed E-state index contributed by atoms with van der Waals surface area (Å²) < 4.78 is 49.5. The molecule has 0 saturated carbocycles. The zero-order valence-corrected chi connectivity index (χ0v) is 33.5. The summed E-state index contributed by atoms with van der Waals surface area (Å²) in [6.45, 7) is 7.22. The Morgan fingerprint density at radius 1 is 0.914 bits per heavy atom. The molecule has 4 saturated heterocycles. The zero-order valence-electron chi connectivity index (χ0n) is 33.5. The Morgan fingerprint density at radius 3 is 2.34 bits per heavy atom. The topological polar surface area (TPSA) is 206 Å². The van der Waals surface area contributed by atoms with Crippen molar-refractivity contribution in [1.29, 1.82) is 0 Å². The lowest BCUT2D eigenvalue weighted by Gasteiger charge is -2.50. The van der Waals surface area contributed by atoms with E-state index in [-0.39, 0.29) is 77.0 Å². The molecule has 2 aromatic carbocycles. The van der Waals surface area contributed by atoms with E-state index in [1.165, 1.54) is 31.4 Å². The molecule has 0 bridgehead atoms. The van der Waals surface area contributed by atoms with Gasteiger partial charge < -0.3 is 58.1 Å². The van der Waals surface area contributed by atoms with E-state index in [1.807, 2.05) is 39.8 Å². The third kappa shape index (κ3) is 6.76. The molecule has 16 heteroatoms. The Morgan fingerprint density at radius 2 is 1.64 bits per heavy atom. The summed E-state index contributed by atoms with van der Waals surface area (Å²) in [7, 11) is 4.97. The van der Waals surface area contributed by atoms with Gasteiger partial charge in [0.25, 0.3) is 0 Å². The average Bonchev–Trinajstić information content (AvgIpc) is 3.16. The maximum Gasteiger partial charge on any atom is 0.316 e. The molecular weight excluding hydrogens is 758 g/mol. The van der Waals surface area contributed by atoms with Gasteiger partial charge in [-0.15, -0.1) is 0 Å². The highest BCUT2D eigenvalue weighted by Gasteiger charge is 2.55. The molecule has 58 heavy (non-hydrogen) atoms. The second-order valence-electron chi connectivity index (χ2n) is 16.6. The van der Waals surface area contributed by atoms with Crippen LogP contribution in [-0.4, -0.2) is 138 Å². The van der Waals surface area contributed by atoms with Crippen LogP contribution < -0.4 is 0 Å². The van der Waals surface area contributed by atoms with E-state index >= 15 is 0 Å². The molecule has 16 nitrogen and oxygen atoms in total. The number of rotatable bonds is 7. The quantitative estimate of drug-likeness (QED) is 0.293. The van der Waals surface area contributed by atoms with Crippen molar-refractivity contribution >= 4 is 23.3 Å². The number of benzene rings is 2. The van der Waals surface area contributed by atoms with Crippen LogP contribution in [0.5, 0.6) is 11.5 Å². The number of esters is 1. The predicted molar refractivity (Wildman–Crippen MR) is 199 cm³/mol. The number of phenolic OH excluding ortho intramolecular Hbond substituents is 2. The smallest absolute Gasteiger partial charge is 0.316 e. The maximum absolute atomic E-state index is 13.9. The van der Waals surface area contributed by atoms with Gasteiger partial charge in [-0.2, -0.15) is 0 Å². The second kappa shape index (κ2) is 15.3. The number of hydrogen-bond acceptors (Lipinski definition) is 16. The van der Waals surface area contributed by atoms with Crippen LogP contribution >= 0.6 is 0 Å². The largest absolute Gasteiger partial charge is 0.507 e. The lowest BCUT2D eigenvalue weighted by molar-refractivity contribution is -0.367. The molecule has 0 radical (unpaired) electrons. The number of carbonyl (C=O) groups excluding carboxylic acids is 4. The number of methoxy groups -OCH3 is 1. The third-order valence-electron chi connectivity index (χ3n) is 12.7. The molecule has 0 unspecified atom stereocenters. The Hall–Kier alpha value is -3.84. The van der Waals surface area contributed by atoms with Crippen LogP contribution in [0.1, 0.15) is 115 Å². The summed E-state index contributed by atoms with van der Waals surface area (Å²) in [6.07, 6.45) is -6.48. The molecule has 4 heterocycles. The van der Waals surface area contributed by atoms with Crippen LogP contribution in [0.3, 0.4) is 0 Å². The first kappa shape index (κ1) is 40.9. The van der Waals surface area contributed by atoms with E-state index in [0.29, 0.717) is 6.42 Å². The summed E-state index contributed by atoms with van der Waals surface area (Å²) in [5.41, 5.74) is -2.44. The molecule has 14 atom stereocenters. The number of ketones is 3. The van der Waals surface area contributed by atoms with Crippen molar-refractivity contribution in [2.75, 3.05) is 21.2 Å². The number of aliphatic hydroxyl groups is 1. The molecule has 6 aliphatic rings. The van der Waals surface area contributed by atoms with Gasteiger partial charge in [-0.3, -0.25) is 19.2 Å². The van der Waals surface area contributed by atoms with Gasteiger partial charge in [0.05, 0.1) is 54.4 Å². The minimum Gasteiger partial charge on any atom is -0.507 e. The second-order valence-corrected chi connectivity index (χ2v) is 16.6. The Labute approximate surface area is 335 Å². The van der Waals surface area contributed by atoms with Crippen molar-refractivity contribution in [3.8, 4) is 11.5 Å². The van der Waals surface area contributed by atoms with Crippen molar-refractivity contribution in [3.63, 3.8) is 0 Å². The molecule has 2 aliphatic carbocycles. The van der Waals surface area contributed by atoms with Crippen molar-refractivity contribution in [2.45, 2.75) is 145 Å². The molecule has 0 aromatic heterocycles. The van der Waals surface area contributed by atoms with Gasteiger partial charge in [0.2, 0.25) is 5.78 Å². The highest BCUT2D eigenvalue weighted by Crippen LogP contribution is 2.54. The average molecular weight is 810 g/mol. The van der Waals surface area contributed by atoms with E-state index in [9.17, 15) is 34.5 Å². The standard InChI is InChI=1S/C42H51NO15/c1-8-42(50)16-27(31-21(33(42)40(49)51-7)13-22-32(36(31)48)35(47)30-20(34(22)46)10-9-11-24(30)44)55-28-14-23(43(5)6)37(18(3)53-28)57-29-15-26-38(19(4)54-29)58-41-39(56-26)25(45)12-17(2)52-41/h9-11,13,17-19,23,26-29,33,37-39,41,44,48,50H,8,12,14-16H2,1-7H3/t17-,18-,19-,23-,26-,27-,28-,29-,33-,37+,38+,39+,41+,42+/m0/s1. The fourth-order valence-electron chi connectivity index (χ4n) is 9.76. The molecule has 3 N–H and O–H groups in total. The summed E-state index contributed by atoms with van der Waals surface area (Å²) in [5, 5.41) is 34.8. The van der Waals surface area contributed by atoms with Crippen LogP contribution in [0.25, 0.3) is 0 Å². The van der Waals surface area contributed by atoms with Crippen molar-refractivity contribution in [1.82, 2.24) is 4.90 Å². The first-order chi connectivity index (χ1) is 27.5. The summed E-state index contributed by atoms with van der Waals surface area (Å²) in [6, 6.07) is 5.16. The van der Waals surface area contributed by atoms with Gasteiger partial charge in [-0.25, -0.2) is 0 Å². The SMILES string of the molecule is CC[C@@]1(O)C[C@H](O[C@H]2C[C@H](N(C)C)[C@H](O[C@H]3C[C@@H]4O[C@@H]5C(=O)C[C@H](C)O[C@@H]5O[C@@H]4[C@H](C)O3)[C@H](C)O2)c2c(cc3c(c2O)C(=O)c2c(O)cccc2C3=O)[C@H]1C(=O)OC. The van der Waals surface area contributed by atoms with Gasteiger partial charge in [-0.1, -0.05) is 19.1 Å². The fraction of sp³-hybridized carbons (Fsp3) is 0.619. The van der Waals surface area contributed by atoms with Gasteiger partial charge in [0.15, 0.2) is 36.5 Å². The Bertz CT molecular complexity index is 2000. The molecule has 4 aliphatic heterocycles. The van der Waals surface area contributed by atoms with E-state index in [4.69, 9.17) is 37.9 Å². The first-order valence-corrected chi connectivity index (χ1v) is 19.9. The van der Waals surface area contributed by atoms with Crippen molar-refractivity contribution < 1.29 is 72.4 Å². The van der Waals surface area contributed by atoms with Crippen molar-refractivity contribution in [3.05, 3.63) is 57.6 Å². The van der Waals surface area contributed by atoms with E-state index in [2.05, 4.69) is 0 Å². The Kier molecular flexibility index (Phi) is 10.8. The number of phenols is 2. The normalized spacial score (nSPS) is 38.3. The third-order valence-corrected chi connectivity index (χ3v) is 12.7. The number of aromatic hydroxyl groups is 2. The maximum atomic E-state index is 13.9. The fourth-order valence-corrected chi connectivity index (χ4v) is 9.76.